The predicted octanol–water partition coefficient (Wildman–Crippen LogP) is 5.83. The summed E-state index contributed by atoms with van der Waals surface area (Å²) in [4.78, 5) is 27.5. The highest BCUT2D eigenvalue weighted by molar-refractivity contribution is 6.35. The quantitative estimate of drug-likeness (QED) is 0.467. The van der Waals surface area contributed by atoms with Crippen molar-refractivity contribution in [2.24, 2.45) is 0 Å². The number of halogens is 2. The number of hydrogen-bond donors (Lipinski definition) is 1. The van der Waals surface area contributed by atoms with Crippen LogP contribution in [0.1, 0.15) is 58.1 Å². The van der Waals surface area contributed by atoms with Crippen molar-refractivity contribution in [2.45, 2.75) is 65.6 Å². The molecule has 0 saturated carbocycles. The number of rotatable bonds is 10. The fourth-order valence-corrected chi connectivity index (χ4v) is 3.66. The lowest BCUT2D eigenvalue weighted by Gasteiger charge is -2.30. The Morgan fingerprint density at radius 1 is 1.06 bits per heavy atom. The molecule has 7 heteroatoms. The number of para-hydroxylation sites is 1. The molecule has 0 fully saturated rings. The maximum atomic E-state index is 13.2. The van der Waals surface area contributed by atoms with Crippen LogP contribution in [0.25, 0.3) is 0 Å². The monoisotopic (exact) mass is 478 g/mol. The second-order valence-electron chi connectivity index (χ2n) is 8.23. The summed E-state index contributed by atoms with van der Waals surface area (Å²) in [7, 11) is 0. The van der Waals surface area contributed by atoms with Gasteiger partial charge in [-0.3, -0.25) is 9.59 Å². The maximum Gasteiger partial charge on any atom is 0.261 e. The Morgan fingerprint density at radius 2 is 1.75 bits per heavy atom. The minimum Gasteiger partial charge on any atom is -0.483 e. The lowest BCUT2D eigenvalue weighted by atomic mass is 10.0. The van der Waals surface area contributed by atoms with Crippen LogP contribution >= 0.6 is 23.2 Å². The molecule has 0 aromatic heterocycles. The van der Waals surface area contributed by atoms with E-state index in [1.807, 2.05) is 38.1 Å². The minimum atomic E-state index is -0.702. The average Bonchev–Trinajstić information content (AvgIpc) is 2.76. The topological polar surface area (TPSA) is 58.6 Å². The summed E-state index contributed by atoms with van der Waals surface area (Å²) >= 11 is 12.4. The average molecular weight is 479 g/mol. The Kier molecular flexibility index (Phi) is 9.85. The van der Waals surface area contributed by atoms with Crippen LogP contribution in [0.4, 0.5) is 0 Å². The first-order chi connectivity index (χ1) is 15.1. The Balaban J connectivity index is 2.24. The number of benzene rings is 2. The molecule has 0 bridgehead atoms. The molecule has 0 radical (unpaired) electrons. The van der Waals surface area contributed by atoms with Crippen LogP contribution in [0.2, 0.25) is 10.0 Å². The Bertz CT molecular complexity index is 933. The van der Waals surface area contributed by atoms with E-state index in [0.29, 0.717) is 21.4 Å². The largest absolute Gasteiger partial charge is 0.483 e. The van der Waals surface area contributed by atoms with Crippen molar-refractivity contribution in [1.82, 2.24) is 10.2 Å². The summed E-state index contributed by atoms with van der Waals surface area (Å²) in [6.45, 7) is 9.75. The number of amides is 2. The first kappa shape index (κ1) is 26.0. The summed E-state index contributed by atoms with van der Waals surface area (Å²) in [6.07, 6.45) is 0.796. The van der Waals surface area contributed by atoms with Gasteiger partial charge in [-0.1, -0.05) is 68.2 Å². The van der Waals surface area contributed by atoms with Crippen molar-refractivity contribution >= 4 is 35.0 Å². The van der Waals surface area contributed by atoms with Crippen LogP contribution in [0.5, 0.6) is 5.75 Å². The standard InChI is InChI=1S/C25H32Cl2N2O3/c1-6-17(4)28-25(31)18(5)29(14-19-11-12-20(26)13-22(19)27)24(30)15-32-23-10-8-7-9-21(23)16(2)3/h7-13,16-18H,6,14-15H2,1-5H3,(H,28,31)/t17-,18-/m1/s1. The van der Waals surface area contributed by atoms with Gasteiger partial charge in [0.1, 0.15) is 11.8 Å². The zero-order valence-corrected chi connectivity index (χ0v) is 20.8. The summed E-state index contributed by atoms with van der Waals surface area (Å²) < 4.78 is 5.88. The van der Waals surface area contributed by atoms with E-state index in [4.69, 9.17) is 27.9 Å². The molecule has 1 N–H and O–H groups in total. The molecule has 32 heavy (non-hydrogen) atoms. The van der Waals surface area contributed by atoms with Gasteiger partial charge in [-0.05, 0) is 55.5 Å². The van der Waals surface area contributed by atoms with Crippen LogP contribution in [-0.4, -0.2) is 35.4 Å². The van der Waals surface area contributed by atoms with Gasteiger partial charge in [0.05, 0.1) is 0 Å². The van der Waals surface area contributed by atoms with E-state index in [1.165, 1.54) is 4.90 Å². The normalized spacial score (nSPS) is 12.9. The van der Waals surface area contributed by atoms with E-state index in [-0.39, 0.29) is 36.9 Å². The first-order valence-corrected chi connectivity index (χ1v) is 11.6. The van der Waals surface area contributed by atoms with E-state index in [0.717, 1.165) is 12.0 Å². The zero-order chi connectivity index (χ0) is 23.8. The predicted molar refractivity (Wildman–Crippen MR) is 130 cm³/mol. The number of carbonyl (C=O) groups is 2. The summed E-state index contributed by atoms with van der Waals surface area (Å²) in [5.74, 6) is 0.393. The zero-order valence-electron chi connectivity index (χ0n) is 19.3. The smallest absolute Gasteiger partial charge is 0.261 e. The van der Waals surface area contributed by atoms with Gasteiger partial charge in [-0.15, -0.1) is 0 Å². The van der Waals surface area contributed by atoms with E-state index in [1.54, 1.807) is 25.1 Å². The number of hydrogen-bond acceptors (Lipinski definition) is 3. The van der Waals surface area contributed by atoms with Gasteiger partial charge in [0.25, 0.3) is 5.91 Å². The van der Waals surface area contributed by atoms with Crippen molar-refractivity contribution < 1.29 is 14.3 Å². The molecular formula is C25H32Cl2N2O3. The van der Waals surface area contributed by atoms with Crippen LogP contribution in [0.3, 0.4) is 0 Å². The van der Waals surface area contributed by atoms with E-state index in [9.17, 15) is 9.59 Å². The molecule has 0 heterocycles. The fourth-order valence-electron chi connectivity index (χ4n) is 3.19. The lowest BCUT2D eigenvalue weighted by Crippen LogP contribution is -2.50. The van der Waals surface area contributed by atoms with Gasteiger partial charge in [0, 0.05) is 22.6 Å². The van der Waals surface area contributed by atoms with E-state index in [2.05, 4.69) is 19.2 Å². The van der Waals surface area contributed by atoms with E-state index >= 15 is 0 Å². The second-order valence-corrected chi connectivity index (χ2v) is 9.08. The highest BCUT2D eigenvalue weighted by atomic mass is 35.5. The highest BCUT2D eigenvalue weighted by Crippen LogP contribution is 2.26. The highest BCUT2D eigenvalue weighted by Gasteiger charge is 2.28. The van der Waals surface area contributed by atoms with Crippen molar-refractivity contribution in [3.8, 4) is 5.75 Å². The molecule has 2 aromatic carbocycles. The van der Waals surface area contributed by atoms with Crippen molar-refractivity contribution in [3.05, 3.63) is 63.6 Å². The molecule has 2 rings (SSSR count). The molecule has 174 valence electrons. The van der Waals surface area contributed by atoms with Gasteiger partial charge in [0.15, 0.2) is 6.61 Å². The molecule has 0 aliphatic carbocycles. The minimum absolute atomic E-state index is 0.00944. The third-order valence-electron chi connectivity index (χ3n) is 5.42. The molecule has 0 spiro atoms. The number of nitrogens with one attached hydrogen (secondary N) is 1. The fraction of sp³-hybridized carbons (Fsp3) is 0.440. The number of ether oxygens (including phenoxy) is 1. The van der Waals surface area contributed by atoms with Gasteiger partial charge in [-0.25, -0.2) is 0 Å². The molecule has 2 aromatic rings. The second kappa shape index (κ2) is 12.1. The van der Waals surface area contributed by atoms with Crippen molar-refractivity contribution in [3.63, 3.8) is 0 Å². The maximum absolute atomic E-state index is 13.2. The van der Waals surface area contributed by atoms with Crippen molar-refractivity contribution in [1.29, 1.82) is 0 Å². The Hall–Kier alpha value is -2.24. The SMILES string of the molecule is CC[C@@H](C)NC(=O)[C@@H](C)N(Cc1ccc(Cl)cc1Cl)C(=O)COc1ccccc1C(C)C. The summed E-state index contributed by atoms with van der Waals surface area (Å²) in [5, 5.41) is 3.89. The summed E-state index contributed by atoms with van der Waals surface area (Å²) in [6, 6.07) is 12.1. The Labute approximate surface area is 201 Å². The molecule has 0 saturated heterocycles. The van der Waals surface area contributed by atoms with Crippen LogP contribution in [0.15, 0.2) is 42.5 Å². The summed E-state index contributed by atoms with van der Waals surface area (Å²) in [5.41, 5.74) is 1.73. The van der Waals surface area contributed by atoms with Crippen LogP contribution in [-0.2, 0) is 16.1 Å². The number of carbonyl (C=O) groups excluding carboxylic acids is 2. The van der Waals surface area contributed by atoms with Gasteiger partial charge in [-0.2, -0.15) is 0 Å². The Morgan fingerprint density at radius 3 is 2.38 bits per heavy atom. The molecular weight excluding hydrogens is 447 g/mol. The lowest BCUT2D eigenvalue weighted by molar-refractivity contribution is -0.142. The molecule has 2 atom stereocenters. The number of nitrogens with zero attached hydrogens (tertiary/aromatic N) is 1. The first-order valence-electron chi connectivity index (χ1n) is 10.9. The van der Waals surface area contributed by atoms with Crippen LogP contribution in [0, 0.1) is 0 Å². The van der Waals surface area contributed by atoms with Crippen molar-refractivity contribution in [2.75, 3.05) is 6.61 Å². The van der Waals surface area contributed by atoms with E-state index < -0.39 is 6.04 Å². The van der Waals surface area contributed by atoms with Gasteiger partial charge in [0.2, 0.25) is 5.91 Å². The van der Waals surface area contributed by atoms with Crippen LogP contribution < -0.4 is 10.1 Å². The van der Waals surface area contributed by atoms with Gasteiger partial charge >= 0.3 is 0 Å². The van der Waals surface area contributed by atoms with Gasteiger partial charge < -0.3 is 15.0 Å². The third-order valence-corrected chi connectivity index (χ3v) is 6.00. The molecule has 5 nitrogen and oxygen atoms in total. The molecule has 0 unspecified atom stereocenters. The molecule has 0 aliphatic heterocycles. The third kappa shape index (κ3) is 7.14. The molecule has 2 amide bonds. The molecule has 0 aliphatic rings.